The van der Waals surface area contributed by atoms with Crippen LogP contribution in [-0.2, 0) is 11.3 Å². The highest BCUT2D eigenvalue weighted by molar-refractivity contribution is 6.30. The number of piperidine rings is 1. The topological polar surface area (TPSA) is 24.5 Å². The van der Waals surface area contributed by atoms with Gasteiger partial charge in [0.25, 0.3) is 0 Å². The zero-order chi connectivity index (χ0) is 15.1. The molecular weight excluding hydrogens is 284 g/mol. The molecule has 0 radical (unpaired) electrons. The summed E-state index contributed by atoms with van der Waals surface area (Å²) in [4.78, 5) is 2.56. The van der Waals surface area contributed by atoms with E-state index in [0.717, 1.165) is 31.3 Å². The van der Waals surface area contributed by atoms with Gasteiger partial charge in [-0.05, 0) is 43.4 Å². The minimum atomic E-state index is 0.648. The van der Waals surface area contributed by atoms with E-state index in [2.05, 4.69) is 29.3 Å². The van der Waals surface area contributed by atoms with Crippen LogP contribution in [0.25, 0.3) is 0 Å². The number of hydrogen-bond donors (Lipinski definition) is 1. The second-order valence-electron chi connectivity index (χ2n) is 5.69. The van der Waals surface area contributed by atoms with E-state index in [1.165, 1.54) is 36.9 Å². The third kappa shape index (κ3) is 4.60. The molecule has 1 unspecified atom stereocenters. The summed E-state index contributed by atoms with van der Waals surface area (Å²) < 4.78 is 5.09. The van der Waals surface area contributed by atoms with E-state index in [9.17, 15) is 0 Å². The van der Waals surface area contributed by atoms with Crippen molar-refractivity contribution in [2.45, 2.75) is 45.2 Å². The molecule has 0 amide bonds. The van der Waals surface area contributed by atoms with Crippen LogP contribution in [0.4, 0.5) is 5.69 Å². The first kappa shape index (κ1) is 16.6. The summed E-state index contributed by atoms with van der Waals surface area (Å²) in [5, 5.41) is 4.26. The molecule has 1 heterocycles. The Bertz CT molecular complexity index is 439. The van der Waals surface area contributed by atoms with Crippen LogP contribution in [-0.4, -0.2) is 32.8 Å². The van der Waals surface area contributed by atoms with Gasteiger partial charge in [0.2, 0.25) is 0 Å². The molecule has 1 atom stereocenters. The second kappa shape index (κ2) is 8.62. The van der Waals surface area contributed by atoms with E-state index in [-0.39, 0.29) is 0 Å². The lowest BCUT2D eigenvalue weighted by Gasteiger charge is -2.38. The smallest absolute Gasteiger partial charge is 0.0587 e. The predicted octanol–water partition coefficient (Wildman–Crippen LogP) is 3.84. The summed E-state index contributed by atoms with van der Waals surface area (Å²) in [6.07, 6.45) is 5.11. The minimum Gasteiger partial charge on any atom is -0.383 e. The SMILES string of the molecule is CCC1CCCCN1c1cc(Cl)ccc1CNCCOC. The molecule has 1 N–H and O–H groups in total. The Balaban J connectivity index is 2.13. The maximum absolute atomic E-state index is 6.24. The standard InChI is InChI=1S/C17H27ClN2O/c1-3-16-6-4-5-10-20(16)17-12-15(18)8-7-14(17)13-19-9-11-21-2/h7-8,12,16,19H,3-6,9-11,13H2,1-2H3. The molecular formula is C17H27ClN2O. The molecule has 1 aliphatic rings. The predicted molar refractivity (Wildman–Crippen MR) is 90.3 cm³/mol. The van der Waals surface area contributed by atoms with E-state index in [1.807, 2.05) is 6.07 Å². The second-order valence-corrected chi connectivity index (χ2v) is 6.13. The molecule has 21 heavy (non-hydrogen) atoms. The minimum absolute atomic E-state index is 0.648. The largest absolute Gasteiger partial charge is 0.383 e. The number of rotatable bonds is 7. The van der Waals surface area contributed by atoms with E-state index in [1.54, 1.807) is 7.11 Å². The van der Waals surface area contributed by atoms with E-state index in [0.29, 0.717) is 6.04 Å². The van der Waals surface area contributed by atoms with Gasteiger partial charge in [0.1, 0.15) is 0 Å². The van der Waals surface area contributed by atoms with E-state index >= 15 is 0 Å². The van der Waals surface area contributed by atoms with Gasteiger partial charge in [-0.1, -0.05) is 24.6 Å². The van der Waals surface area contributed by atoms with Crippen LogP contribution in [0.1, 0.15) is 38.2 Å². The van der Waals surface area contributed by atoms with E-state index in [4.69, 9.17) is 16.3 Å². The summed E-state index contributed by atoms with van der Waals surface area (Å²) in [6.45, 7) is 5.90. The molecule has 0 bridgehead atoms. The Hall–Kier alpha value is -0.770. The number of anilines is 1. The molecule has 0 spiro atoms. The first-order valence-corrected chi connectivity index (χ1v) is 8.38. The highest BCUT2D eigenvalue weighted by Gasteiger charge is 2.23. The molecule has 1 saturated heterocycles. The van der Waals surface area contributed by atoms with Crippen LogP contribution in [0, 0.1) is 0 Å². The van der Waals surface area contributed by atoms with Crippen molar-refractivity contribution in [3.63, 3.8) is 0 Å². The Morgan fingerprint density at radius 1 is 1.38 bits per heavy atom. The lowest BCUT2D eigenvalue weighted by Crippen LogP contribution is -2.40. The van der Waals surface area contributed by atoms with Crippen molar-refractivity contribution in [3.8, 4) is 0 Å². The van der Waals surface area contributed by atoms with Crippen molar-refractivity contribution in [2.75, 3.05) is 31.7 Å². The molecule has 4 heteroatoms. The van der Waals surface area contributed by atoms with Crippen molar-refractivity contribution in [2.24, 2.45) is 0 Å². The van der Waals surface area contributed by atoms with Crippen LogP contribution >= 0.6 is 11.6 Å². The Kier molecular flexibility index (Phi) is 6.81. The Morgan fingerprint density at radius 2 is 2.24 bits per heavy atom. The molecule has 0 saturated carbocycles. The number of halogens is 1. The molecule has 0 aromatic heterocycles. The van der Waals surface area contributed by atoms with Crippen molar-refractivity contribution in [1.82, 2.24) is 5.32 Å². The van der Waals surface area contributed by atoms with Gasteiger partial charge in [-0.25, -0.2) is 0 Å². The van der Waals surface area contributed by atoms with Crippen molar-refractivity contribution in [3.05, 3.63) is 28.8 Å². The number of ether oxygens (including phenoxy) is 1. The van der Waals surface area contributed by atoms with Gasteiger partial charge in [0, 0.05) is 43.5 Å². The summed E-state index contributed by atoms with van der Waals surface area (Å²) in [6, 6.07) is 6.92. The molecule has 2 rings (SSSR count). The zero-order valence-corrected chi connectivity index (χ0v) is 14.0. The number of benzene rings is 1. The average molecular weight is 311 g/mol. The van der Waals surface area contributed by atoms with Crippen LogP contribution in [0.15, 0.2) is 18.2 Å². The number of nitrogens with one attached hydrogen (secondary N) is 1. The van der Waals surface area contributed by atoms with Crippen molar-refractivity contribution in [1.29, 1.82) is 0 Å². The quantitative estimate of drug-likeness (QED) is 0.774. The molecule has 3 nitrogen and oxygen atoms in total. The molecule has 1 fully saturated rings. The van der Waals surface area contributed by atoms with Gasteiger partial charge >= 0.3 is 0 Å². The zero-order valence-electron chi connectivity index (χ0n) is 13.2. The van der Waals surface area contributed by atoms with Gasteiger partial charge in [-0.2, -0.15) is 0 Å². The fourth-order valence-electron chi connectivity index (χ4n) is 3.09. The molecule has 118 valence electrons. The first-order chi connectivity index (χ1) is 10.3. The molecule has 1 aliphatic heterocycles. The van der Waals surface area contributed by atoms with Crippen LogP contribution in [0.5, 0.6) is 0 Å². The van der Waals surface area contributed by atoms with Gasteiger partial charge < -0.3 is 15.0 Å². The maximum Gasteiger partial charge on any atom is 0.0587 e. The number of methoxy groups -OCH3 is 1. The molecule has 1 aromatic carbocycles. The summed E-state index contributed by atoms with van der Waals surface area (Å²) in [7, 11) is 1.73. The average Bonchev–Trinajstić information content (AvgIpc) is 2.52. The number of hydrogen-bond acceptors (Lipinski definition) is 3. The van der Waals surface area contributed by atoms with Crippen LogP contribution < -0.4 is 10.2 Å². The van der Waals surface area contributed by atoms with Gasteiger partial charge in [0.15, 0.2) is 0 Å². The maximum atomic E-state index is 6.24. The summed E-state index contributed by atoms with van der Waals surface area (Å²) in [5.74, 6) is 0. The third-order valence-corrected chi connectivity index (χ3v) is 4.49. The van der Waals surface area contributed by atoms with Crippen molar-refractivity contribution >= 4 is 17.3 Å². The van der Waals surface area contributed by atoms with Gasteiger partial charge in [-0.15, -0.1) is 0 Å². The fourth-order valence-corrected chi connectivity index (χ4v) is 3.26. The lowest BCUT2D eigenvalue weighted by molar-refractivity contribution is 0.199. The first-order valence-electron chi connectivity index (χ1n) is 8.01. The monoisotopic (exact) mass is 310 g/mol. The third-order valence-electron chi connectivity index (χ3n) is 4.25. The molecule has 0 aliphatic carbocycles. The summed E-state index contributed by atoms with van der Waals surface area (Å²) >= 11 is 6.24. The van der Waals surface area contributed by atoms with Crippen LogP contribution in [0.2, 0.25) is 5.02 Å². The van der Waals surface area contributed by atoms with Crippen molar-refractivity contribution < 1.29 is 4.74 Å². The molecule has 1 aromatic rings. The Morgan fingerprint density at radius 3 is 3.00 bits per heavy atom. The lowest BCUT2D eigenvalue weighted by atomic mass is 9.98. The van der Waals surface area contributed by atoms with Gasteiger partial charge in [0.05, 0.1) is 6.61 Å². The number of nitrogens with zero attached hydrogens (tertiary/aromatic N) is 1. The Labute approximate surface area is 133 Å². The van der Waals surface area contributed by atoms with Gasteiger partial charge in [-0.3, -0.25) is 0 Å². The summed E-state index contributed by atoms with van der Waals surface area (Å²) in [5.41, 5.74) is 2.63. The highest BCUT2D eigenvalue weighted by atomic mass is 35.5. The van der Waals surface area contributed by atoms with Crippen LogP contribution in [0.3, 0.4) is 0 Å². The normalized spacial score (nSPS) is 19.0. The van der Waals surface area contributed by atoms with E-state index < -0.39 is 0 Å². The fraction of sp³-hybridized carbons (Fsp3) is 0.647. The highest BCUT2D eigenvalue weighted by Crippen LogP contribution is 2.31.